The van der Waals surface area contributed by atoms with E-state index in [2.05, 4.69) is 17.6 Å². The molecule has 1 heterocycles. The molecule has 7 nitrogen and oxygen atoms in total. The Kier molecular flexibility index (Phi) is 6.10. The first kappa shape index (κ1) is 21.7. The molecule has 3 rings (SSSR count). The summed E-state index contributed by atoms with van der Waals surface area (Å²) in [5.41, 5.74) is 2.53. The van der Waals surface area contributed by atoms with Gasteiger partial charge in [-0.25, -0.2) is 9.59 Å². The number of urea groups is 1. The zero-order valence-corrected chi connectivity index (χ0v) is 18.2. The first-order valence-corrected chi connectivity index (χ1v) is 10.3. The van der Waals surface area contributed by atoms with E-state index in [4.69, 9.17) is 9.72 Å². The predicted molar refractivity (Wildman–Crippen MR) is 114 cm³/mol. The summed E-state index contributed by atoms with van der Waals surface area (Å²) in [5, 5.41) is 5.58. The van der Waals surface area contributed by atoms with Crippen molar-refractivity contribution < 1.29 is 19.1 Å². The zero-order chi connectivity index (χ0) is 22.1. The standard InChI is InChI=1S/C23H29N3O4/c1-13-10-11-18-16(12-13)19(15-8-6-7-9-17(15)24-18)21(28)30-14(2)20(27)25-22(29)26-23(3,4)5/h6-9,13-14H,10-12H2,1-5H3,(H2,25,26,27,29)/t13-,14+/m0/s1. The van der Waals surface area contributed by atoms with E-state index in [1.807, 2.05) is 24.3 Å². The maximum atomic E-state index is 13.1. The average Bonchev–Trinajstić information content (AvgIpc) is 2.64. The van der Waals surface area contributed by atoms with Crippen molar-refractivity contribution in [3.63, 3.8) is 0 Å². The van der Waals surface area contributed by atoms with Crippen LogP contribution in [-0.2, 0) is 22.4 Å². The normalized spacial score (nSPS) is 17.0. The van der Waals surface area contributed by atoms with E-state index < -0.39 is 29.6 Å². The molecule has 0 saturated heterocycles. The summed E-state index contributed by atoms with van der Waals surface area (Å²) < 4.78 is 5.48. The Morgan fingerprint density at radius 1 is 1.20 bits per heavy atom. The van der Waals surface area contributed by atoms with E-state index in [1.54, 1.807) is 20.8 Å². The third-order valence-corrected chi connectivity index (χ3v) is 5.09. The van der Waals surface area contributed by atoms with Crippen molar-refractivity contribution in [2.24, 2.45) is 5.92 Å². The van der Waals surface area contributed by atoms with Crippen LogP contribution in [0.2, 0.25) is 0 Å². The maximum Gasteiger partial charge on any atom is 0.339 e. The molecule has 3 amide bonds. The van der Waals surface area contributed by atoms with Crippen LogP contribution in [0.3, 0.4) is 0 Å². The second-order valence-electron chi connectivity index (χ2n) is 9.02. The Labute approximate surface area is 176 Å². The van der Waals surface area contributed by atoms with Crippen LogP contribution in [-0.4, -0.2) is 34.5 Å². The molecule has 2 aromatic rings. The first-order valence-electron chi connectivity index (χ1n) is 10.3. The molecule has 1 aliphatic carbocycles. The Bertz CT molecular complexity index is 994. The van der Waals surface area contributed by atoms with Gasteiger partial charge in [0.05, 0.1) is 11.1 Å². The lowest BCUT2D eigenvalue weighted by atomic mass is 9.84. The van der Waals surface area contributed by atoms with E-state index >= 15 is 0 Å². The lowest BCUT2D eigenvalue weighted by Crippen LogP contribution is -2.50. The SMILES string of the molecule is C[C@H]1CCc2nc3ccccc3c(C(=O)O[C@H](C)C(=O)NC(=O)NC(C)(C)C)c2C1. The number of aryl methyl sites for hydroxylation is 1. The largest absolute Gasteiger partial charge is 0.449 e. The molecular formula is C23H29N3O4. The molecule has 0 saturated carbocycles. The van der Waals surface area contributed by atoms with Crippen LogP contribution in [0, 0.1) is 5.92 Å². The molecule has 0 unspecified atom stereocenters. The number of hydrogen-bond donors (Lipinski definition) is 2. The van der Waals surface area contributed by atoms with Crippen LogP contribution in [0.25, 0.3) is 10.9 Å². The molecule has 1 aromatic carbocycles. The first-order chi connectivity index (χ1) is 14.0. The predicted octanol–water partition coefficient (Wildman–Crippen LogP) is 3.53. The lowest BCUT2D eigenvalue weighted by molar-refractivity contribution is -0.127. The third-order valence-electron chi connectivity index (χ3n) is 5.09. The number of carbonyl (C=O) groups excluding carboxylic acids is 3. The van der Waals surface area contributed by atoms with Gasteiger partial charge in [0.2, 0.25) is 0 Å². The van der Waals surface area contributed by atoms with Gasteiger partial charge in [-0.1, -0.05) is 25.1 Å². The van der Waals surface area contributed by atoms with Gasteiger partial charge in [0.1, 0.15) is 0 Å². The topological polar surface area (TPSA) is 97.4 Å². The molecule has 7 heteroatoms. The Balaban J connectivity index is 1.84. The Hall–Kier alpha value is -2.96. The van der Waals surface area contributed by atoms with E-state index in [0.717, 1.165) is 36.0 Å². The molecule has 1 aliphatic rings. The van der Waals surface area contributed by atoms with Gasteiger partial charge in [0.25, 0.3) is 5.91 Å². The number of esters is 1. The average molecular weight is 412 g/mol. The van der Waals surface area contributed by atoms with Gasteiger partial charge in [0.15, 0.2) is 6.10 Å². The molecule has 0 spiro atoms. The number of hydrogen-bond acceptors (Lipinski definition) is 5. The smallest absolute Gasteiger partial charge is 0.339 e. The quantitative estimate of drug-likeness (QED) is 0.753. The van der Waals surface area contributed by atoms with E-state index in [1.165, 1.54) is 6.92 Å². The number of ether oxygens (including phenoxy) is 1. The molecule has 0 aliphatic heterocycles. The molecule has 0 radical (unpaired) electrons. The van der Waals surface area contributed by atoms with Gasteiger partial charge in [-0.2, -0.15) is 0 Å². The number of rotatable bonds is 3. The van der Waals surface area contributed by atoms with Gasteiger partial charge in [-0.15, -0.1) is 0 Å². The van der Waals surface area contributed by atoms with Crippen molar-refractivity contribution in [1.29, 1.82) is 0 Å². The van der Waals surface area contributed by atoms with E-state index in [-0.39, 0.29) is 0 Å². The summed E-state index contributed by atoms with van der Waals surface area (Å²) in [6.45, 7) is 9.02. The highest BCUT2D eigenvalue weighted by atomic mass is 16.5. The van der Waals surface area contributed by atoms with Gasteiger partial charge < -0.3 is 10.1 Å². The van der Waals surface area contributed by atoms with Crippen LogP contribution in [0.15, 0.2) is 24.3 Å². The number of pyridine rings is 1. The van der Waals surface area contributed by atoms with Crippen molar-refractivity contribution in [3.8, 4) is 0 Å². The molecule has 160 valence electrons. The second kappa shape index (κ2) is 8.42. The van der Waals surface area contributed by atoms with Crippen LogP contribution < -0.4 is 10.6 Å². The van der Waals surface area contributed by atoms with Crippen molar-refractivity contribution in [1.82, 2.24) is 15.6 Å². The Morgan fingerprint density at radius 3 is 2.60 bits per heavy atom. The highest BCUT2D eigenvalue weighted by Gasteiger charge is 2.29. The highest BCUT2D eigenvalue weighted by molar-refractivity contribution is 6.06. The second-order valence-corrected chi connectivity index (χ2v) is 9.02. The van der Waals surface area contributed by atoms with Crippen molar-refractivity contribution in [3.05, 3.63) is 41.1 Å². The van der Waals surface area contributed by atoms with Crippen LogP contribution in [0.1, 0.15) is 62.7 Å². The number of para-hydroxylation sites is 1. The number of nitrogens with zero attached hydrogens (tertiary/aromatic N) is 1. The fourth-order valence-electron chi connectivity index (χ4n) is 3.65. The minimum atomic E-state index is -1.12. The van der Waals surface area contributed by atoms with Gasteiger partial charge >= 0.3 is 12.0 Å². The number of imide groups is 1. The maximum absolute atomic E-state index is 13.1. The monoisotopic (exact) mass is 411 g/mol. The molecule has 0 fully saturated rings. The molecule has 0 bridgehead atoms. The van der Waals surface area contributed by atoms with E-state index in [9.17, 15) is 14.4 Å². The number of nitrogens with one attached hydrogen (secondary N) is 2. The van der Waals surface area contributed by atoms with Gasteiger partial charge in [-0.3, -0.25) is 15.1 Å². The summed E-state index contributed by atoms with van der Waals surface area (Å²) in [6.07, 6.45) is 1.46. The fraction of sp³-hybridized carbons (Fsp3) is 0.478. The number of amides is 3. The summed E-state index contributed by atoms with van der Waals surface area (Å²) in [7, 11) is 0. The molecule has 1 aromatic heterocycles. The fourth-order valence-corrected chi connectivity index (χ4v) is 3.65. The van der Waals surface area contributed by atoms with Gasteiger partial charge in [-0.05, 0) is 64.5 Å². The summed E-state index contributed by atoms with van der Waals surface area (Å²) in [4.78, 5) is 42.2. The van der Waals surface area contributed by atoms with E-state index in [0.29, 0.717) is 16.9 Å². The highest BCUT2D eigenvalue weighted by Crippen LogP contribution is 2.32. The molecule has 2 atom stereocenters. The van der Waals surface area contributed by atoms with Crippen LogP contribution >= 0.6 is 0 Å². The minimum absolute atomic E-state index is 0.439. The third kappa shape index (κ3) is 4.96. The summed E-state index contributed by atoms with van der Waals surface area (Å²) in [5.74, 6) is -0.808. The van der Waals surface area contributed by atoms with Crippen molar-refractivity contribution >= 4 is 28.8 Å². The molecule has 30 heavy (non-hydrogen) atoms. The number of benzene rings is 1. The molecule has 2 N–H and O–H groups in total. The van der Waals surface area contributed by atoms with Crippen LogP contribution in [0.4, 0.5) is 4.79 Å². The number of fused-ring (bicyclic) bond motifs is 2. The Morgan fingerprint density at radius 2 is 1.90 bits per heavy atom. The van der Waals surface area contributed by atoms with Gasteiger partial charge in [0, 0.05) is 16.6 Å². The van der Waals surface area contributed by atoms with Crippen LogP contribution in [0.5, 0.6) is 0 Å². The minimum Gasteiger partial charge on any atom is -0.449 e. The summed E-state index contributed by atoms with van der Waals surface area (Å²) in [6, 6.07) is 6.83. The summed E-state index contributed by atoms with van der Waals surface area (Å²) >= 11 is 0. The zero-order valence-electron chi connectivity index (χ0n) is 18.2. The lowest BCUT2D eigenvalue weighted by Gasteiger charge is -2.25. The van der Waals surface area contributed by atoms with Crippen molar-refractivity contribution in [2.45, 2.75) is 65.5 Å². The van der Waals surface area contributed by atoms with Crippen molar-refractivity contribution in [2.75, 3.05) is 0 Å². The molecular weight excluding hydrogens is 382 g/mol. The number of aromatic nitrogens is 1. The number of carbonyl (C=O) groups is 3.